The third-order valence-electron chi connectivity index (χ3n) is 3.48. The van der Waals surface area contributed by atoms with E-state index >= 15 is 0 Å². The quantitative estimate of drug-likeness (QED) is 0.809. The van der Waals surface area contributed by atoms with Crippen LogP contribution in [0.2, 0.25) is 0 Å². The number of nitrogens with one attached hydrogen (secondary N) is 2. The first kappa shape index (κ1) is 16.4. The molecule has 0 aliphatic rings. The molecule has 0 aliphatic carbocycles. The zero-order chi connectivity index (χ0) is 15.9. The van der Waals surface area contributed by atoms with Gasteiger partial charge < -0.3 is 10.6 Å². The van der Waals surface area contributed by atoms with Gasteiger partial charge in [-0.05, 0) is 41.4 Å². The molecule has 0 heterocycles. The van der Waals surface area contributed by atoms with E-state index in [1.165, 1.54) is 17.7 Å². The van der Waals surface area contributed by atoms with Gasteiger partial charge in [-0.3, -0.25) is 0 Å². The van der Waals surface area contributed by atoms with Crippen molar-refractivity contribution in [2.45, 2.75) is 26.4 Å². The van der Waals surface area contributed by atoms with Crippen LogP contribution in [0.4, 0.5) is 4.39 Å². The van der Waals surface area contributed by atoms with Gasteiger partial charge in [0.05, 0.1) is 6.04 Å². The second kappa shape index (κ2) is 7.90. The summed E-state index contributed by atoms with van der Waals surface area (Å²) in [7, 11) is 0. The summed E-state index contributed by atoms with van der Waals surface area (Å²) < 4.78 is 12.9. The fourth-order valence-electron chi connectivity index (χ4n) is 2.27. The van der Waals surface area contributed by atoms with Gasteiger partial charge in [-0.25, -0.2) is 4.39 Å². The molecule has 1 atom stereocenters. The molecule has 0 spiro atoms. The molecule has 0 amide bonds. The van der Waals surface area contributed by atoms with Crippen LogP contribution in [0.5, 0.6) is 0 Å². The third kappa shape index (κ3) is 4.81. The molecule has 2 nitrogen and oxygen atoms in total. The minimum atomic E-state index is -0.228. The molecule has 0 saturated heterocycles. The Morgan fingerprint density at radius 1 is 1.05 bits per heavy atom. The largest absolute Gasteiger partial charge is 0.359 e. The predicted octanol–water partition coefficient (Wildman–Crippen LogP) is 4.19. The van der Waals surface area contributed by atoms with E-state index in [-0.39, 0.29) is 11.9 Å². The summed E-state index contributed by atoms with van der Waals surface area (Å²) in [4.78, 5) is 0. The molecule has 0 fully saturated rings. The molecule has 4 heteroatoms. The van der Waals surface area contributed by atoms with Crippen LogP contribution in [-0.2, 0) is 6.54 Å². The summed E-state index contributed by atoms with van der Waals surface area (Å²) >= 11 is 5.38. The molecule has 2 aromatic rings. The Kier molecular flexibility index (Phi) is 5.90. The Labute approximate surface area is 136 Å². The molecule has 0 unspecified atom stereocenters. The van der Waals surface area contributed by atoms with Crippen molar-refractivity contribution in [3.8, 4) is 0 Å². The maximum absolute atomic E-state index is 12.9. The molecule has 0 bridgehead atoms. The zero-order valence-corrected chi connectivity index (χ0v) is 13.7. The summed E-state index contributed by atoms with van der Waals surface area (Å²) in [5.74, 6) is 0.182. The van der Waals surface area contributed by atoms with E-state index in [9.17, 15) is 4.39 Å². The number of rotatable bonds is 5. The Hall–Kier alpha value is -1.94. The normalized spacial score (nSPS) is 12.0. The third-order valence-corrected chi connectivity index (χ3v) is 3.74. The lowest BCUT2D eigenvalue weighted by Crippen LogP contribution is -2.39. The van der Waals surface area contributed by atoms with Crippen molar-refractivity contribution in [2.75, 3.05) is 0 Å². The Morgan fingerprint density at radius 3 is 2.27 bits per heavy atom. The first-order valence-corrected chi connectivity index (χ1v) is 7.81. The number of hydrogen-bond donors (Lipinski definition) is 2. The van der Waals surface area contributed by atoms with Gasteiger partial charge in [0, 0.05) is 6.54 Å². The van der Waals surface area contributed by atoms with Crippen molar-refractivity contribution in [2.24, 2.45) is 5.92 Å². The van der Waals surface area contributed by atoms with Crippen molar-refractivity contribution in [3.05, 3.63) is 71.5 Å². The summed E-state index contributed by atoms with van der Waals surface area (Å²) in [6.45, 7) is 4.90. The van der Waals surface area contributed by atoms with Crippen LogP contribution >= 0.6 is 12.2 Å². The lowest BCUT2D eigenvalue weighted by atomic mass is 9.96. The number of halogens is 1. The van der Waals surface area contributed by atoms with E-state index in [2.05, 4.69) is 36.6 Å². The highest BCUT2D eigenvalue weighted by molar-refractivity contribution is 7.80. The maximum atomic E-state index is 12.9. The Bertz CT molecular complexity index is 596. The summed E-state index contributed by atoms with van der Waals surface area (Å²) in [5, 5.41) is 7.14. The van der Waals surface area contributed by atoms with Gasteiger partial charge in [0.15, 0.2) is 5.11 Å². The molecule has 22 heavy (non-hydrogen) atoms. The van der Waals surface area contributed by atoms with Gasteiger partial charge in [0.1, 0.15) is 5.82 Å². The molecule has 2 rings (SSSR count). The Balaban J connectivity index is 1.93. The van der Waals surface area contributed by atoms with Crippen LogP contribution in [-0.4, -0.2) is 5.11 Å². The van der Waals surface area contributed by atoms with Crippen LogP contribution < -0.4 is 10.6 Å². The zero-order valence-electron chi connectivity index (χ0n) is 12.8. The van der Waals surface area contributed by atoms with E-state index in [4.69, 9.17) is 12.2 Å². The standard InChI is InChI=1S/C18H21FN2S/c1-13(2)17(15-6-4-3-5-7-15)21-18(22)20-12-14-8-10-16(19)11-9-14/h3-11,13,17H,12H2,1-2H3,(H2,20,21,22)/t17-/m0/s1. The maximum Gasteiger partial charge on any atom is 0.167 e. The first-order valence-electron chi connectivity index (χ1n) is 7.40. The van der Waals surface area contributed by atoms with Gasteiger partial charge in [0.25, 0.3) is 0 Å². The molecule has 2 aromatic carbocycles. The summed E-state index contributed by atoms with van der Waals surface area (Å²) in [6.07, 6.45) is 0. The van der Waals surface area contributed by atoms with Crippen LogP contribution in [0, 0.1) is 11.7 Å². The average molecular weight is 316 g/mol. The second-order valence-corrected chi connectivity index (χ2v) is 5.99. The number of benzene rings is 2. The van der Waals surface area contributed by atoms with Gasteiger partial charge in [-0.1, -0.05) is 56.3 Å². The molecule has 0 aromatic heterocycles. The van der Waals surface area contributed by atoms with Crippen LogP contribution in [0.1, 0.15) is 31.0 Å². The summed E-state index contributed by atoms with van der Waals surface area (Å²) in [5.41, 5.74) is 2.20. The van der Waals surface area contributed by atoms with Crippen molar-refractivity contribution < 1.29 is 4.39 Å². The SMILES string of the molecule is CC(C)[C@H](NC(=S)NCc1ccc(F)cc1)c1ccccc1. The first-order chi connectivity index (χ1) is 10.6. The fraction of sp³-hybridized carbons (Fsp3) is 0.278. The van der Waals surface area contributed by atoms with Crippen molar-refractivity contribution in [1.82, 2.24) is 10.6 Å². The van der Waals surface area contributed by atoms with Gasteiger partial charge in [0.2, 0.25) is 0 Å². The van der Waals surface area contributed by atoms with E-state index < -0.39 is 0 Å². The topological polar surface area (TPSA) is 24.1 Å². The highest BCUT2D eigenvalue weighted by Crippen LogP contribution is 2.21. The van der Waals surface area contributed by atoms with E-state index in [0.29, 0.717) is 17.6 Å². The van der Waals surface area contributed by atoms with E-state index in [1.54, 1.807) is 12.1 Å². The highest BCUT2D eigenvalue weighted by atomic mass is 32.1. The molecule has 0 saturated carbocycles. The molecule has 0 radical (unpaired) electrons. The fourth-order valence-corrected chi connectivity index (χ4v) is 2.47. The van der Waals surface area contributed by atoms with Crippen LogP contribution in [0.25, 0.3) is 0 Å². The molecular formula is C18H21FN2S. The number of thiocarbonyl (C=S) groups is 1. The summed E-state index contributed by atoms with van der Waals surface area (Å²) in [6, 6.07) is 16.8. The lowest BCUT2D eigenvalue weighted by molar-refractivity contribution is 0.468. The van der Waals surface area contributed by atoms with Crippen molar-refractivity contribution in [1.29, 1.82) is 0 Å². The monoisotopic (exact) mass is 316 g/mol. The Morgan fingerprint density at radius 2 is 1.68 bits per heavy atom. The smallest absolute Gasteiger partial charge is 0.167 e. The minimum absolute atomic E-state index is 0.161. The molecule has 116 valence electrons. The van der Waals surface area contributed by atoms with Crippen LogP contribution in [0.15, 0.2) is 54.6 Å². The van der Waals surface area contributed by atoms with Crippen molar-refractivity contribution in [3.63, 3.8) is 0 Å². The second-order valence-electron chi connectivity index (χ2n) is 5.59. The lowest BCUT2D eigenvalue weighted by Gasteiger charge is -2.24. The van der Waals surface area contributed by atoms with Gasteiger partial charge in [-0.15, -0.1) is 0 Å². The number of hydrogen-bond acceptors (Lipinski definition) is 1. The van der Waals surface area contributed by atoms with Crippen molar-refractivity contribution >= 4 is 17.3 Å². The molecule has 0 aliphatic heterocycles. The molecule has 2 N–H and O–H groups in total. The van der Waals surface area contributed by atoms with Gasteiger partial charge in [-0.2, -0.15) is 0 Å². The molecular weight excluding hydrogens is 295 g/mol. The average Bonchev–Trinajstić information content (AvgIpc) is 2.52. The highest BCUT2D eigenvalue weighted by Gasteiger charge is 2.16. The minimum Gasteiger partial charge on any atom is -0.359 e. The predicted molar refractivity (Wildman–Crippen MR) is 93.0 cm³/mol. The van der Waals surface area contributed by atoms with E-state index in [0.717, 1.165) is 5.56 Å². The van der Waals surface area contributed by atoms with Gasteiger partial charge >= 0.3 is 0 Å². The van der Waals surface area contributed by atoms with Crippen LogP contribution in [0.3, 0.4) is 0 Å². The van der Waals surface area contributed by atoms with E-state index in [1.807, 2.05) is 18.2 Å².